The lowest BCUT2D eigenvalue weighted by Gasteiger charge is -2.08. The normalized spacial score (nSPS) is 27.8. The van der Waals surface area contributed by atoms with Crippen molar-refractivity contribution < 1.29 is 0 Å². The first-order chi connectivity index (χ1) is 6.98. The summed E-state index contributed by atoms with van der Waals surface area (Å²) in [6.45, 7) is 9.17. The summed E-state index contributed by atoms with van der Waals surface area (Å²) in [4.78, 5) is 0. The zero-order valence-corrected chi connectivity index (χ0v) is 11.6. The van der Waals surface area contributed by atoms with E-state index in [4.69, 9.17) is 0 Å². The van der Waals surface area contributed by atoms with Crippen molar-refractivity contribution in [1.29, 1.82) is 0 Å². The molecule has 0 spiro atoms. The molecule has 1 saturated carbocycles. The van der Waals surface area contributed by atoms with Gasteiger partial charge in [0.05, 0.1) is 0 Å². The third-order valence-corrected chi connectivity index (χ3v) is 4.68. The van der Waals surface area contributed by atoms with E-state index in [1.165, 1.54) is 11.1 Å². The predicted molar refractivity (Wildman–Crippen MR) is 69.7 cm³/mol. The van der Waals surface area contributed by atoms with E-state index in [0.717, 1.165) is 17.2 Å². The van der Waals surface area contributed by atoms with Gasteiger partial charge in [0, 0.05) is 5.33 Å². The third kappa shape index (κ3) is 1.75. The molecule has 0 amide bonds. The van der Waals surface area contributed by atoms with Gasteiger partial charge in [-0.05, 0) is 42.2 Å². The van der Waals surface area contributed by atoms with Gasteiger partial charge in [-0.15, -0.1) is 0 Å². The van der Waals surface area contributed by atoms with Crippen molar-refractivity contribution in [3.63, 3.8) is 0 Å². The molecule has 0 heterocycles. The Morgan fingerprint density at radius 3 is 2.47 bits per heavy atom. The lowest BCUT2D eigenvalue weighted by atomic mass is 9.97. The Labute approximate surface area is 101 Å². The minimum Gasteiger partial charge on any atom is -0.0925 e. The molecular weight excluding hydrogens is 248 g/mol. The SMILES string of the molecule is Cc1ccc(C)c(C2C(CBr)C2(C)C)c1. The van der Waals surface area contributed by atoms with E-state index in [2.05, 4.69) is 61.8 Å². The molecular formula is C14H19Br. The lowest BCUT2D eigenvalue weighted by molar-refractivity contribution is 0.579. The van der Waals surface area contributed by atoms with E-state index in [0.29, 0.717) is 5.41 Å². The van der Waals surface area contributed by atoms with Crippen LogP contribution >= 0.6 is 15.9 Å². The molecule has 2 atom stereocenters. The summed E-state index contributed by atoms with van der Waals surface area (Å²) in [5.41, 5.74) is 4.86. The van der Waals surface area contributed by atoms with Gasteiger partial charge in [-0.1, -0.05) is 53.5 Å². The first-order valence-electron chi connectivity index (χ1n) is 5.61. The van der Waals surface area contributed by atoms with Crippen LogP contribution in [-0.2, 0) is 0 Å². The Morgan fingerprint density at radius 1 is 1.27 bits per heavy atom. The number of benzene rings is 1. The highest BCUT2D eigenvalue weighted by atomic mass is 79.9. The molecule has 1 aliphatic carbocycles. The lowest BCUT2D eigenvalue weighted by Crippen LogP contribution is -1.93. The van der Waals surface area contributed by atoms with Gasteiger partial charge >= 0.3 is 0 Å². The van der Waals surface area contributed by atoms with Gasteiger partial charge in [0.25, 0.3) is 0 Å². The van der Waals surface area contributed by atoms with Gasteiger partial charge in [0.15, 0.2) is 0 Å². The summed E-state index contributed by atoms with van der Waals surface area (Å²) >= 11 is 3.63. The van der Waals surface area contributed by atoms with Gasteiger partial charge < -0.3 is 0 Å². The van der Waals surface area contributed by atoms with Crippen molar-refractivity contribution in [2.75, 3.05) is 5.33 Å². The van der Waals surface area contributed by atoms with Crippen molar-refractivity contribution in [3.8, 4) is 0 Å². The Hall–Kier alpha value is -0.300. The molecule has 1 heteroatoms. The number of hydrogen-bond acceptors (Lipinski definition) is 0. The van der Waals surface area contributed by atoms with Gasteiger partial charge in [0.1, 0.15) is 0 Å². The Kier molecular flexibility index (Phi) is 2.70. The number of alkyl halides is 1. The standard InChI is InChI=1S/C14H19Br/c1-9-5-6-10(2)11(7-9)13-12(8-15)14(13,3)4/h5-7,12-13H,8H2,1-4H3. The number of aryl methyl sites for hydroxylation is 2. The molecule has 0 aromatic heterocycles. The van der Waals surface area contributed by atoms with Crippen molar-refractivity contribution in [1.82, 2.24) is 0 Å². The first kappa shape index (κ1) is 11.2. The van der Waals surface area contributed by atoms with Gasteiger partial charge in [0.2, 0.25) is 0 Å². The topological polar surface area (TPSA) is 0 Å². The summed E-state index contributed by atoms with van der Waals surface area (Å²) < 4.78 is 0. The molecule has 0 saturated heterocycles. The fourth-order valence-corrected chi connectivity index (χ4v) is 3.95. The minimum absolute atomic E-state index is 0.474. The van der Waals surface area contributed by atoms with E-state index in [1.807, 2.05) is 0 Å². The summed E-state index contributed by atoms with van der Waals surface area (Å²) in [7, 11) is 0. The van der Waals surface area contributed by atoms with Crippen LogP contribution in [0, 0.1) is 25.2 Å². The van der Waals surface area contributed by atoms with Crippen LogP contribution in [0.4, 0.5) is 0 Å². The molecule has 0 bridgehead atoms. The van der Waals surface area contributed by atoms with Crippen LogP contribution < -0.4 is 0 Å². The highest BCUT2D eigenvalue weighted by molar-refractivity contribution is 9.09. The molecule has 0 aliphatic heterocycles. The summed E-state index contributed by atoms with van der Waals surface area (Å²) in [6, 6.07) is 6.83. The van der Waals surface area contributed by atoms with Crippen LogP contribution in [-0.4, -0.2) is 5.33 Å². The molecule has 15 heavy (non-hydrogen) atoms. The number of rotatable bonds is 2. The zero-order chi connectivity index (χ0) is 11.2. The van der Waals surface area contributed by atoms with Crippen LogP contribution in [0.25, 0.3) is 0 Å². The molecule has 1 aliphatic rings. The predicted octanol–water partition coefficient (Wildman–Crippen LogP) is 4.44. The monoisotopic (exact) mass is 266 g/mol. The fourth-order valence-electron chi connectivity index (χ4n) is 2.74. The molecule has 1 aromatic carbocycles. The highest BCUT2D eigenvalue weighted by Crippen LogP contribution is 2.65. The van der Waals surface area contributed by atoms with E-state index >= 15 is 0 Å². The van der Waals surface area contributed by atoms with Gasteiger partial charge in [-0.2, -0.15) is 0 Å². The Balaban J connectivity index is 2.36. The van der Waals surface area contributed by atoms with Gasteiger partial charge in [-0.25, -0.2) is 0 Å². The van der Waals surface area contributed by atoms with E-state index in [-0.39, 0.29) is 0 Å². The van der Waals surface area contributed by atoms with E-state index in [9.17, 15) is 0 Å². The van der Waals surface area contributed by atoms with Crippen LogP contribution in [0.5, 0.6) is 0 Å². The largest absolute Gasteiger partial charge is 0.0925 e. The minimum atomic E-state index is 0.474. The second kappa shape index (κ2) is 3.62. The smallest absolute Gasteiger partial charge is 0.00710 e. The number of halogens is 1. The summed E-state index contributed by atoms with van der Waals surface area (Å²) in [5, 5.41) is 1.12. The summed E-state index contributed by atoms with van der Waals surface area (Å²) in [5.74, 6) is 1.55. The Bertz CT molecular complexity index is 379. The molecule has 0 radical (unpaired) electrons. The van der Waals surface area contributed by atoms with E-state index in [1.54, 1.807) is 5.56 Å². The first-order valence-corrected chi connectivity index (χ1v) is 6.73. The average Bonchev–Trinajstić information content (AvgIpc) is 2.72. The van der Waals surface area contributed by atoms with Crippen molar-refractivity contribution in [3.05, 3.63) is 34.9 Å². The Morgan fingerprint density at radius 2 is 1.93 bits per heavy atom. The second-order valence-electron chi connectivity index (χ2n) is 5.42. The van der Waals surface area contributed by atoms with Crippen LogP contribution in [0.2, 0.25) is 0 Å². The maximum absolute atomic E-state index is 3.63. The van der Waals surface area contributed by atoms with Crippen molar-refractivity contribution in [2.45, 2.75) is 33.6 Å². The number of hydrogen-bond donors (Lipinski definition) is 0. The molecule has 2 unspecified atom stereocenters. The molecule has 0 N–H and O–H groups in total. The average molecular weight is 267 g/mol. The van der Waals surface area contributed by atoms with Gasteiger partial charge in [-0.3, -0.25) is 0 Å². The molecule has 1 fully saturated rings. The highest BCUT2D eigenvalue weighted by Gasteiger charge is 2.57. The van der Waals surface area contributed by atoms with Crippen LogP contribution in [0.15, 0.2) is 18.2 Å². The maximum atomic E-state index is 3.63. The fraction of sp³-hybridized carbons (Fsp3) is 0.571. The van der Waals surface area contributed by atoms with Crippen LogP contribution in [0.3, 0.4) is 0 Å². The molecule has 0 nitrogen and oxygen atoms in total. The molecule has 82 valence electrons. The zero-order valence-electron chi connectivity index (χ0n) is 9.97. The molecule has 1 aromatic rings. The van der Waals surface area contributed by atoms with Crippen molar-refractivity contribution >= 4 is 15.9 Å². The summed E-state index contributed by atoms with van der Waals surface area (Å²) in [6.07, 6.45) is 0. The van der Waals surface area contributed by atoms with Crippen LogP contribution in [0.1, 0.15) is 36.5 Å². The maximum Gasteiger partial charge on any atom is 0.00710 e. The molecule has 2 rings (SSSR count). The van der Waals surface area contributed by atoms with E-state index < -0.39 is 0 Å². The van der Waals surface area contributed by atoms with Crippen molar-refractivity contribution in [2.24, 2.45) is 11.3 Å². The third-order valence-electron chi connectivity index (χ3n) is 3.99. The quantitative estimate of drug-likeness (QED) is 0.695. The second-order valence-corrected chi connectivity index (χ2v) is 6.07.